The Bertz CT molecular complexity index is 672. The first-order chi connectivity index (χ1) is 11.2. The first-order valence-corrected chi connectivity index (χ1v) is 7.61. The summed E-state index contributed by atoms with van der Waals surface area (Å²) < 4.78 is 16.6. The van der Waals surface area contributed by atoms with E-state index in [1.165, 1.54) is 0 Å². The van der Waals surface area contributed by atoms with E-state index >= 15 is 0 Å². The summed E-state index contributed by atoms with van der Waals surface area (Å²) in [4.78, 5) is 12.3. The number of rotatable bonds is 5. The van der Waals surface area contributed by atoms with Crippen LogP contribution in [0.15, 0.2) is 48.5 Å². The second-order valence-electron chi connectivity index (χ2n) is 5.36. The third kappa shape index (κ3) is 3.94. The Morgan fingerprint density at radius 1 is 1.13 bits per heavy atom. The summed E-state index contributed by atoms with van der Waals surface area (Å²) in [7, 11) is 0. The van der Waals surface area contributed by atoms with E-state index in [-0.39, 0.29) is 11.9 Å². The molecule has 0 bridgehead atoms. The zero-order valence-corrected chi connectivity index (χ0v) is 13.0. The topological polar surface area (TPSA) is 56.8 Å². The second kappa shape index (κ2) is 7.05. The third-order valence-corrected chi connectivity index (χ3v) is 3.43. The predicted molar refractivity (Wildman–Crippen MR) is 86.3 cm³/mol. The van der Waals surface area contributed by atoms with Crippen molar-refractivity contribution in [2.45, 2.75) is 13.0 Å². The Hall–Kier alpha value is -2.69. The van der Waals surface area contributed by atoms with Crippen LogP contribution in [-0.4, -0.2) is 31.8 Å². The van der Waals surface area contributed by atoms with Crippen molar-refractivity contribution in [3.63, 3.8) is 0 Å². The number of para-hydroxylation sites is 1. The molecule has 1 N–H and O–H groups in total. The van der Waals surface area contributed by atoms with Gasteiger partial charge in [-0.2, -0.15) is 0 Å². The van der Waals surface area contributed by atoms with Gasteiger partial charge in [0.1, 0.15) is 25.6 Å². The fourth-order valence-electron chi connectivity index (χ4n) is 2.27. The summed E-state index contributed by atoms with van der Waals surface area (Å²) in [5, 5.41) is 2.91. The lowest BCUT2D eigenvalue weighted by Crippen LogP contribution is -2.36. The molecule has 0 aromatic heterocycles. The average Bonchev–Trinajstić information content (AvgIpc) is 2.60. The number of hydrogen-bond donors (Lipinski definition) is 1. The van der Waals surface area contributed by atoms with Crippen LogP contribution in [-0.2, 0) is 0 Å². The maximum Gasteiger partial charge on any atom is 0.251 e. The van der Waals surface area contributed by atoms with Gasteiger partial charge >= 0.3 is 0 Å². The fourth-order valence-corrected chi connectivity index (χ4v) is 2.27. The number of benzene rings is 2. The molecular formula is C18H19NO4. The maximum atomic E-state index is 12.3. The van der Waals surface area contributed by atoms with Crippen molar-refractivity contribution in [3.05, 3.63) is 54.1 Å². The second-order valence-corrected chi connectivity index (χ2v) is 5.36. The molecule has 5 nitrogen and oxygen atoms in total. The van der Waals surface area contributed by atoms with Gasteiger partial charge in [0.05, 0.1) is 6.04 Å². The van der Waals surface area contributed by atoms with Gasteiger partial charge in [-0.05, 0) is 37.3 Å². The van der Waals surface area contributed by atoms with Crippen molar-refractivity contribution in [2.75, 3.05) is 19.8 Å². The van der Waals surface area contributed by atoms with Crippen LogP contribution in [0, 0.1) is 0 Å². The first-order valence-electron chi connectivity index (χ1n) is 7.61. The molecule has 1 amide bonds. The summed E-state index contributed by atoms with van der Waals surface area (Å²) >= 11 is 0. The van der Waals surface area contributed by atoms with Gasteiger partial charge in [0.2, 0.25) is 0 Å². The molecule has 0 spiro atoms. The van der Waals surface area contributed by atoms with E-state index in [1.54, 1.807) is 18.2 Å². The lowest BCUT2D eigenvalue weighted by Gasteiger charge is -2.19. The van der Waals surface area contributed by atoms with E-state index in [2.05, 4.69) is 5.32 Å². The molecule has 120 valence electrons. The Morgan fingerprint density at radius 2 is 1.87 bits per heavy atom. The van der Waals surface area contributed by atoms with Crippen LogP contribution in [0.3, 0.4) is 0 Å². The molecule has 1 heterocycles. The van der Waals surface area contributed by atoms with Crippen molar-refractivity contribution >= 4 is 5.91 Å². The highest BCUT2D eigenvalue weighted by atomic mass is 16.6. The van der Waals surface area contributed by atoms with Crippen LogP contribution >= 0.6 is 0 Å². The molecule has 5 heteroatoms. The van der Waals surface area contributed by atoms with Crippen LogP contribution in [0.25, 0.3) is 0 Å². The van der Waals surface area contributed by atoms with E-state index in [4.69, 9.17) is 14.2 Å². The van der Waals surface area contributed by atoms with Gasteiger partial charge in [-0.15, -0.1) is 0 Å². The Kier molecular flexibility index (Phi) is 4.66. The summed E-state index contributed by atoms with van der Waals surface area (Å²) in [6.07, 6.45) is 0. The van der Waals surface area contributed by atoms with Crippen molar-refractivity contribution in [2.24, 2.45) is 0 Å². The lowest BCUT2D eigenvalue weighted by molar-refractivity contribution is 0.0925. The minimum Gasteiger partial charge on any atom is -0.491 e. The van der Waals surface area contributed by atoms with Gasteiger partial charge in [-0.25, -0.2) is 0 Å². The maximum absolute atomic E-state index is 12.3. The SMILES string of the molecule is C[C@H](COc1ccccc1)NC(=O)c1ccc2c(c1)OCCO2. The number of nitrogens with one attached hydrogen (secondary N) is 1. The van der Waals surface area contributed by atoms with E-state index in [0.29, 0.717) is 36.9 Å². The van der Waals surface area contributed by atoms with Gasteiger partial charge in [0, 0.05) is 5.56 Å². The number of ether oxygens (including phenoxy) is 3. The third-order valence-electron chi connectivity index (χ3n) is 3.43. The van der Waals surface area contributed by atoms with E-state index in [0.717, 1.165) is 5.75 Å². The molecule has 3 rings (SSSR count). The van der Waals surface area contributed by atoms with Gasteiger partial charge < -0.3 is 19.5 Å². The first kappa shape index (κ1) is 15.2. The smallest absolute Gasteiger partial charge is 0.251 e. The minimum absolute atomic E-state index is 0.115. The van der Waals surface area contributed by atoms with Gasteiger partial charge in [-0.1, -0.05) is 18.2 Å². The number of amides is 1. The molecule has 2 aromatic carbocycles. The monoisotopic (exact) mass is 313 g/mol. The Morgan fingerprint density at radius 3 is 2.65 bits per heavy atom. The average molecular weight is 313 g/mol. The molecule has 1 atom stereocenters. The summed E-state index contributed by atoms with van der Waals surface area (Å²) in [5.41, 5.74) is 0.542. The molecule has 2 aromatic rings. The Balaban J connectivity index is 1.56. The molecular weight excluding hydrogens is 294 g/mol. The standard InChI is InChI=1S/C18H19NO4/c1-13(12-23-15-5-3-2-4-6-15)19-18(20)14-7-8-16-17(11-14)22-10-9-21-16/h2-8,11,13H,9-10,12H2,1H3,(H,19,20)/t13-/m1/s1. The van der Waals surface area contributed by atoms with Gasteiger partial charge in [0.25, 0.3) is 5.91 Å². The van der Waals surface area contributed by atoms with E-state index < -0.39 is 0 Å². The van der Waals surface area contributed by atoms with Gasteiger partial charge in [0.15, 0.2) is 11.5 Å². The molecule has 0 unspecified atom stereocenters. The van der Waals surface area contributed by atoms with Crippen LogP contribution in [0.2, 0.25) is 0 Å². The van der Waals surface area contributed by atoms with E-state index in [9.17, 15) is 4.79 Å². The largest absolute Gasteiger partial charge is 0.491 e. The Labute approximate surface area is 135 Å². The van der Waals surface area contributed by atoms with Crippen LogP contribution in [0.1, 0.15) is 17.3 Å². The van der Waals surface area contributed by atoms with Crippen molar-refractivity contribution in [1.29, 1.82) is 0 Å². The zero-order chi connectivity index (χ0) is 16.1. The highest BCUT2D eigenvalue weighted by Gasteiger charge is 2.16. The number of carbonyl (C=O) groups excluding carboxylic acids is 1. The van der Waals surface area contributed by atoms with Gasteiger partial charge in [-0.3, -0.25) is 4.79 Å². The number of hydrogen-bond acceptors (Lipinski definition) is 4. The molecule has 0 saturated carbocycles. The van der Waals surface area contributed by atoms with Crippen LogP contribution in [0.5, 0.6) is 17.2 Å². The fraction of sp³-hybridized carbons (Fsp3) is 0.278. The van der Waals surface area contributed by atoms with Crippen LogP contribution < -0.4 is 19.5 Å². The molecule has 0 fully saturated rings. The summed E-state index contributed by atoms with van der Waals surface area (Å²) in [6.45, 7) is 3.34. The van der Waals surface area contributed by atoms with Crippen molar-refractivity contribution in [3.8, 4) is 17.2 Å². The predicted octanol–water partition coefficient (Wildman–Crippen LogP) is 2.66. The van der Waals surface area contributed by atoms with Crippen molar-refractivity contribution in [1.82, 2.24) is 5.32 Å². The summed E-state index contributed by atoms with van der Waals surface area (Å²) in [5.74, 6) is 1.91. The molecule has 23 heavy (non-hydrogen) atoms. The van der Waals surface area contributed by atoms with Crippen molar-refractivity contribution < 1.29 is 19.0 Å². The van der Waals surface area contributed by atoms with Crippen LogP contribution in [0.4, 0.5) is 0 Å². The minimum atomic E-state index is -0.161. The molecule has 0 radical (unpaired) electrons. The molecule has 0 aliphatic carbocycles. The normalized spacial score (nSPS) is 14.0. The molecule has 0 saturated heterocycles. The quantitative estimate of drug-likeness (QED) is 0.922. The highest BCUT2D eigenvalue weighted by molar-refractivity contribution is 5.95. The molecule has 1 aliphatic heterocycles. The molecule has 1 aliphatic rings. The lowest BCUT2D eigenvalue weighted by atomic mass is 10.1. The summed E-state index contributed by atoms with van der Waals surface area (Å²) in [6, 6.07) is 14.6. The highest BCUT2D eigenvalue weighted by Crippen LogP contribution is 2.30. The zero-order valence-electron chi connectivity index (χ0n) is 13.0. The number of carbonyl (C=O) groups is 1. The van der Waals surface area contributed by atoms with E-state index in [1.807, 2.05) is 37.3 Å². The number of fused-ring (bicyclic) bond motifs is 1.